The van der Waals surface area contributed by atoms with Crippen LogP contribution in [0.15, 0.2) is 84.9 Å². The van der Waals surface area contributed by atoms with Gasteiger partial charge in [0.15, 0.2) is 0 Å². The number of hydrogen-bond acceptors (Lipinski definition) is 4. The maximum Gasteiger partial charge on any atom is 0.206 e. The van der Waals surface area contributed by atoms with E-state index < -0.39 is 8.07 Å². The van der Waals surface area contributed by atoms with Crippen molar-refractivity contribution in [3.8, 4) is 34.5 Å². The molecular weight excluding hydrogens is 380 g/mol. The quantitative estimate of drug-likeness (QED) is 0.388. The van der Waals surface area contributed by atoms with E-state index in [4.69, 9.17) is 9.47 Å². The van der Waals surface area contributed by atoms with Crippen molar-refractivity contribution in [1.29, 1.82) is 0 Å². The summed E-state index contributed by atoms with van der Waals surface area (Å²) >= 11 is 0. The van der Waals surface area contributed by atoms with Gasteiger partial charge in [0, 0.05) is 10.4 Å². The lowest BCUT2D eigenvalue weighted by atomic mass is 10.2. The Morgan fingerprint density at radius 1 is 0.483 bits per heavy atom. The van der Waals surface area contributed by atoms with E-state index in [9.17, 15) is 10.2 Å². The van der Waals surface area contributed by atoms with Crippen LogP contribution in [0.4, 0.5) is 0 Å². The van der Waals surface area contributed by atoms with E-state index in [2.05, 4.69) is 0 Å². The van der Waals surface area contributed by atoms with Gasteiger partial charge in [-0.15, -0.1) is 0 Å². The molecule has 0 unspecified atom stereocenters. The summed E-state index contributed by atoms with van der Waals surface area (Å²) in [5.74, 6) is 3.03. The van der Waals surface area contributed by atoms with E-state index in [1.165, 1.54) is 0 Å². The molecule has 4 aromatic rings. The molecule has 1 spiro atoms. The van der Waals surface area contributed by atoms with E-state index >= 15 is 0 Å². The van der Waals surface area contributed by atoms with Crippen molar-refractivity contribution in [2.45, 2.75) is 0 Å². The molecule has 2 heterocycles. The summed E-state index contributed by atoms with van der Waals surface area (Å²) in [5.41, 5.74) is 0. The van der Waals surface area contributed by atoms with Gasteiger partial charge in [0.05, 0.1) is 0 Å². The lowest BCUT2D eigenvalue weighted by molar-refractivity contribution is 0.456. The standard InChI is InChI=1S/C24H16O4Si/c25-15-7-5-11-19-23(15)29(21-13-3-1-9-17(21)27-19)22-14-4-2-10-18(22)28-20-12-6-8-16(26)24(20)29/h1-14,25-26H. The van der Waals surface area contributed by atoms with E-state index in [1.54, 1.807) is 24.3 Å². The molecule has 0 radical (unpaired) electrons. The average molecular weight is 396 g/mol. The molecule has 0 saturated heterocycles. The zero-order valence-electron chi connectivity index (χ0n) is 15.3. The Hall–Kier alpha value is -3.70. The van der Waals surface area contributed by atoms with Crippen molar-refractivity contribution < 1.29 is 19.7 Å². The molecule has 0 aliphatic carbocycles. The van der Waals surface area contributed by atoms with Gasteiger partial charge in [-0.05, 0) is 46.8 Å². The fraction of sp³-hybridized carbons (Fsp3) is 0. The fourth-order valence-corrected chi connectivity index (χ4v) is 10.0. The first-order valence-electron chi connectivity index (χ1n) is 9.41. The van der Waals surface area contributed by atoms with Gasteiger partial charge in [-0.1, -0.05) is 48.5 Å². The molecule has 2 N–H and O–H groups in total. The SMILES string of the molecule is Oc1cccc2c1[Si]1(c3ccccc3O2)c2ccccc2Oc2cccc(O)c21. The number of rotatable bonds is 0. The summed E-state index contributed by atoms with van der Waals surface area (Å²) < 4.78 is 12.4. The first-order chi connectivity index (χ1) is 14.2. The molecule has 29 heavy (non-hydrogen) atoms. The van der Waals surface area contributed by atoms with Gasteiger partial charge < -0.3 is 19.7 Å². The normalized spacial score (nSPS) is 14.6. The molecule has 0 saturated carbocycles. The predicted molar refractivity (Wildman–Crippen MR) is 114 cm³/mol. The molecule has 0 atom stereocenters. The van der Waals surface area contributed by atoms with Crippen LogP contribution in [0.3, 0.4) is 0 Å². The minimum Gasteiger partial charge on any atom is -0.508 e. The number of para-hydroxylation sites is 2. The third kappa shape index (κ3) is 1.97. The summed E-state index contributed by atoms with van der Waals surface area (Å²) in [7, 11) is -3.09. The maximum absolute atomic E-state index is 11.1. The number of ether oxygens (including phenoxy) is 2. The molecule has 2 aliphatic heterocycles. The van der Waals surface area contributed by atoms with Gasteiger partial charge in [0.1, 0.15) is 34.5 Å². The number of fused-ring (bicyclic) bond motifs is 8. The molecule has 6 rings (SSSR count). The lowest BCUT2D eigenvalue weighted by Crippen LogP contribution is -2.77. The maximum atomic E-state index is 11.1. The summed E-state index contributed by atoms with van der Waals surface area (Å²) in [5, 5.41) is 25.6. The van der Waals surface area contributed by atoms with Gasteiger partial charge >= 0.3 is 0 Å². The van der Waals surface area contributed by atoms with Crippen LogP contribution in [0, 0.1) is 0 Å². The van der Waals surface area contributed by atoms with Gasteiger partial charge in [0.2, 0.25) is 8.07 Å². The van der Waals surface area contributed by atoms with Crippen LogP contribution in [0.2, 0.25) is 0 Å². The highest BCUT2D eigenvalue weighted by molar-refractivity contribution is 7.22. The van der Waals surface area contributed by atoms with Crippen molar-refractivity contribution in [1.82, 2.24) is 0 Å². The highest BCUT2D eigenvalue weighted by Crippen LogP contribution is 2.39. The van der Waals surface area contributed by atoms with Gasteiger partial charge in [0.25, 0.3) is 0 Å². The van der Waals surface area contributed by atoms with E-state index in [1.807, 2.05) is 60.7 Å². The zero-order chi connectivity index (χ0) is 19.6. The van der Waals surface area contributed by atoms with Crippen molar-refractivity contribution in [3.05, 3.63) is 84.9 Å². The Morgan fingerprint density at radius 3 is 1.38 bits per heavy atom. The molecule has 140 valence electrons. The molecular formula is C24H16O4Si. The first kappa shape index (κ1) is 16.3. The van der Waals surface area contributed by atoms with E-state index in [0.717, 1.165) is 32.2 Å². The van der Waals surface area contributed by atoms with Crippen LogP contribution in [0.25, 0.3) is 0 Å². The van der Waals surface area contributed by atoms with E-state index in [0.29, 0.717) is 11.5 Å². The Kier molecular flexibility index (Phi) is 3.17. The Labute approximate surface area is 168 Å². The summed E-state index contributed by atoms with van der Waals surface area (Å²) in [4.78, 5) is 0. The molecule has 4 nitrogen and oxygen atoms in total. The first-order valence-corrected chi connectivity index (χ1v) is 11.4. The minimum absolute atomic E-state index is 0.162. The van der Waals surface area contributed by atoms with E-state index in [-0.39, 0.29) is 11.5 Å². The number of hydrogen-bond donors (Lipinski definition) is 2. The van der Waals surface area contributed by atoms with Crippen LogP contribution in [0.1, 0.15) is 0 Å². The van der Waals surface area contributed by atoms with Gasteiger partial charge in [-0.25, -0.2) is 0 Å². The number of aromatic hydroxyl groups is 2. The summed E-state index contributed by atoms with van der Waals surface area (Å²) in [6.07, 6.45) is 0. The van der Waals surface area contributed by atoms with Crippen molar-refractivity contribution >= 4 is 28.8 Å². The summed E-state index contributed by atoms with van der Waals surface area (Å²) in [6, 6.07) is 26.4. The Bertz CT molecular complexity index is 1200. The second-order valence-electron chi connectivity index (χ2n) is 7.25. The van der Waals surface area contributed by atoms with Crippen molar-refractivity contribution in [2.75, 3.05) is 0 Å². The van der Waals surface area contributed by atoms with Gasteiger partial charge in [-0.3, -0.25) is 0 Å². The highest BCUT2D eigenvalue weighted by atomic mass is 28.3. The topological polar surface area (TPSA) is 58.9 Å². The van der Waals surface area contributed by atoms with Crippen molar-refractivity contribution in [3.63, 3.8) is 0 Å². The van der Waals surface area contributed by atoms with Crippen LogP contribution in [-0.2, 0) is 0 Å². The minimum atomic E-state index is -3.09. The predicted octanol–water partition coefficient (Wildman–Crippen LogP) is 2.69. The highest BCUT2D eigenvalue weighted by Gasteiger charge is 2.55. The third-order valence-corrected chi connectivity index (χ3v) is 10.7. The van der Waals surface area contributed by atoms with Crippen molar-refractivity contribution in [2.24, 2.45) is 0 Å². The van der Waals surface area contributed by atoms with Gasteiger partial charge in [-0.2, -0.15) is 0 Å². The number of phenols is 2. The Morgan fingerprint density at radius 2 is 0.897 bits per heavy atom. The fourth-order valence-electron chi connectivity index (χ4n) is 4.74. The Balaban J connectivity index is 1.90. The lowest BCUT2D eigenvalue weighted by Gasteiger charge is -2.43. The van der Waals surface area contributed by atoms with Crippen LogP contribution >= 0.6 is 0 Å². The average Bonchev–Trinajstić information content (AvgIpc) is 2.74. The number of phenolic OH excluding ortho intramolecular Hbond substituents is 2. The van der Waals surface area contributed by atoms with Crippen LogP contribution in [0.5, 0.6) is 34.5 Å². The molecule has 5 heteroatoms. The molecule has 0 fully saturated rings. The summed E-state index contributed by atoms with van der Waals surface area (Å²) in [6.45, 7) is 0. The second-order valence-corrected chi connectivity index (χ2v) is 10.8. The largest absolute Gasteiger partial charge is 0.508 e. The smallest absolute Gasteiger partial charge is 0.206 e. The molecule has 4 aromatic carbocycles. The van der Waals surface area contributed by atoms with Crippen LogP contribution in [-0.4, -0.2) is 18.3 Å². The molecule has 0 aromatic heterocycles. The monoisotopic (exact) mass is 396 g/mol. The molecule has 0 amide bonds. The zero-order valence-corrected chi connectivity index (χ0v) is 16.3. The van der Waals surface area contributed by atoms with Crippen LogP contribution < -0.4 is 30.2 Å². The molecule has 2 aliphatic rings. The molecule has 0 bridgehead atoms. The number of benzene rings is 4. The third-order valence-electron chi connectivity index (χ3n) is 5.78. The second kappa shape index (κ2) is 5.65.